The normalized spacial score (nSPS) is 10.7. The summed E-state index contributed by atoms with van der Waals surface area (Å²) in [5.41, 5.74) is 0.910. The van der Waals surface area contributed by atoms with Crippen molar-refractivity contribution in [2.45, 2.75) is 33.2 Å². The third-order valence-corrected chi connectivity index (χ3v) is 2.59. The van der Waals surface area contributed by atoms with E-state index in [9.17, 15) is 4.39 Å². The molecule has 0 spiro atoms. The van der Waals surface area contributed by atoms with Crippen LogP contribution in [0.25, 0.3) is 0 Å². The third-order valence-electron chi connectivity index (χ3n) is 2.59. The summed E-state index contributed by atoms with van der Waals surface area (Å²) in [7, 11) is 0. The predicted molar refractivity (Wildman–Crippen MR) is 75.0 cm³/mol. The van der Waals surface area contributed by atoms with Crippen LogP contribution in [0.2, 0.25) is 0 Å². The van der Waals surface area contributed by atoms with Gasteiger partial charge >= 0.3 is 0 Å². The van der Waals surface area contributed by atoms with Crippen LogP contribution in [0.4, 0.5) is 4.39 Å². The number of hydrogen-bond donors (Lipinski definition) is 1. The van der Waals surface area contributed by atoms with Gasteiger partial charge in [0.1, 0.15) is 11.6 Å². The van der Waals surface area contributed by atoms with Crippen LogP contribution in [-0.4, -0.2) is 26.4 Å². The molecule has 1 aromatic rings. The molecule has 0 saturated carbocycles. The van der Waals surface area contributed by atoms with Gasteiger partial charge in [-0.05, 0) is 37.6 Å². The van der Waals surface area contributed by atoms with Crippen molar-refractivity contribution in [3.63, 3.8) is 0 Å². The van der Waals surface area contributed by atoms with E-state index in [1.54, 1.807) is 0 Å². The number of nitrogens with one attached hydrogen (secondary N) is 1. The van der Waals surface area contributed by atoms with Crippen LogP contribution in [0, 0.1) is 5.82 Å². The SMILES string of the molecule is CCCNCc1cc(F)cc(OCCCOCC)c1. The summed E-state index contributed by atoms with van der Waals surface area (Å²) in [5.74, 6) is 0.334. The Bertz CT molecular complexity index is 358. The van der Waals surface area contributed by atoms with E-state index < -0.39 is 0 Å². The average Bonchev–Trinajstić information content (AvgIpc) is 2.38. The molecule has 0 atom stereocenters. The zero-order valence-corrected chi connectivity index (χ0v) is 11.9. The van der Waals surface area contributed by atoms with Gasteiger partial charge in [0, 0.05) is 32.2 Å². The number of benzene rings is 1. The van der Waals surface area contributed by atoms with Crippen LogP contribution in [0.3, 0.4) is 0 Å². The fraction of sp³-hybridized carbons (Fsp3) is 0.600. The van der Waals surface area contributed by atoms with Crippen molar-refractivity contribution in [1.29, 1.82) is 0 Å². The van der Waals surface area contributed by atoms with Crippen molar-refractivity contribution in [2.24, 2.45) is 0 Å². The molecule has 0 fully saturated rings. The van der Waals surface area contributed by atoms with Crippen LogP contribution in [-0.2, 0) is 11.3 Å². The molecule has 0 heterocycles. The molecule has 0 amide bonds. The summed E-state index contributed by atoms with van der Waals surface area (Å²) in [5, 5.41) is 3.25. The lowest BCUT2D eigenvalue weighted by Crippen LogP contribution is -2.14. The molecule has 0 bridgehead atoms. The molecule has 1 rings (SSSR count). The number of rotatable bonds is 10. The van der Waals surface area contributed by atoms with Gasteiger partial charge < -0.3 is 14.8 Å². The third kappa shape index (κ3) is 7.13. The van der Waals surface area contributed by atoms with Gasteiger partial charge in [0.2, 0.25) is 0 Å². The molecule has 0 aromatic heterocycles. The molecule has 0 saturated heterocycles. The van der Waals surface area contributed by atoms with Crippen molar-refractivity contribution in [3.05, 3.63) is 29.6 Å². The molecule has 4 heteroatoms. The minimum atomic E-state index is -0.254. The van der Waals surface area contributed by atoms with Crippen LogP contribution in [0.15, 0.2) is 18.2 Å². The van der Waals surface area contributed by atoms with Crippen molar-refractivity contribution in [3.8, 4) is 5.75 Å². The van der Waals surface area contributed by atoms with Crippen molar-refractivity contribution >= 4 is 0 Å². The van der Waals surface area contributed by atoms with Gasteiger partial charge in [0.15, 0.2) is 0 Å². The maximum atomic E-state index is 13.4. The highest BCUT2D eigenvalue weighted by Gasteiger charge is 2.02. The largest absolute Gasteiger partial charge is 0.493 e. The van der Waals surface area contributed by atoms with E-state index in [2.05, 4.69) is 12.2 Å². The fourth-order valence-electron chi connectivity index (χ4n) is 1.71. The number of ether oxygens (including phenoxy) is 2. The summed E-state index contributed by atoms with van der Waals surface area (Å²) in [6.45, 7) is 7.60. The van der Waals surface area contributed by atoms with Gasteiger partial charge in [-0.2, -0.15) is 0 Å². The minimum Gasteiger partial charge on any atom is -0.493 e. The first-order valence-corrected chi connectivity index (χ1v) is 6.97. The summed E-state index contributed by atoms with van der Waals surface area (Å²) >= 11 is 0. The fourth-order valence-corrected chi connectivity index (χ4v) is 1.71. The van der Waals surface area contributed by atoms with Gasteiger partial charge in [-0.25, -0.2) is 4.39 Å². The Labute approximate surface area is 115 Å². The van der Waals surface area contributed by atoms with Gasteiger partial charge in [0.25, 0.3) is 0 Å². The first-order valence-electron chi connectivity index (χ1n) is 6.97. The van der Waals surface area contributed by atoms with Crippen molar-refractivity contribution in [1.82, 2.24) is 5.32 Å². The summed E-state index contributed by atoms with van der Waals surface area (Å²) in [6.07, 6.45) is 1.88. The summed E-state index contributed by atoms with van der Waals surface area (Å²) < 4.78 is 24.2. The second-order valence-electron chi connectivity index (χ2n) is 4.37. The molecule has 0 aliphatic heterocycles. The van der Waals surface area contributed by atoms with Gasteiger partial charge in [-0.15, -0.1) is 0 Å². The number of halogens is 1. The molecule has 19 heavy (non-hydrogen) atoms. The van der Waals surface area contributed by atoms with E-state index in [1.165, 1.54) is 12.1 Å². The Hall–Kier alpha value is -1.13. The molecular formula is C15H24FNO2. The Morgan fingerprint density at radius 1 is 1.16 bits per heavy atom. The molecule has 0 radical (unpaired) electrons. The second kappa shape index (κ2) is 9.75. The van der Waals surface area contributed by atoms with E-state index in [0.29, 0.717) is 32.1 Å². The molecule has 108 valence electrons. The molecule has 3 nitrogen and oxygen atoms in total. The van der Waals surface area contributed by atoms with E-state index in [0.717, 1.165) is 24.9 Å². The molecular weight excluding hydrogens is 245 g/mol. The highest BCUT2D eigenvalue weighted by atomic mass is 19.1. The first-order chi connectivity index (χ1) is 9.26. The molecule has 0 unspecified atom stereocenters. The van der Waals surface area contributed by atoms with E-state index in [4.69, 9.17) is 9.47 Å². The number of hydrogen-bond acceptors (Lipinski definition) is 3. The lowest BCUT2D eigenvalue weighted by atomic mass is 10.2. The minimum absolute atomic E-state index is 0.254. The van der Waals surface area contributed by atoms with Crippen LogP contribution in [0.5, 0.6) is 5.75 Å². The predicted octanol–water partition coefficient (Wildman–Crippen LogP) is 3.13. The maximum absolute atomic E-state index is 13.4. The highest BCUT2D eigenvalue weighted by molar-refractivity contribution is 5.29. The monoisotopic (exact) mass is 269 g/mol. The second-order valence-corrected chi connectivity index (χ2v) is 4.37. The lowest BCUT2D eigenvalue weighted by molar-refractivity contribution is 0.131. The lowest BCUT2D eigenvalue weighted by Gasteiger charge is -2.09. The molecule has 0 aliphatic carbocycles. The quantitative estimate of drug-likeness (QED) is 0.662. The highest BCUT2D eigenvalue weighted by Crippen LogP contribution is 2.16. The molecule has 1 N–H and O–H groups in total. The van der Waals surface area contributed by atoms with Crippen molar-refractivity contribution in [2.75, 3.05) is 26.4 Å². The van der Waals surface area contributed by atoms with Gasteiger partial charge in [0.05, 0.1) is 6.61 Å². The zero-order valence-electron chi connectivity index (χ0n) is 11.9. The average molecular weight is 269 g/mol. The van der Waals surface area contributed by atoms with E-state index in [-0.39, 0.29) is 5.82 Å². The summed E-state index contributed by atoms with van der Waals surface area (Å²) in [6, 6.07) is 4.84. The van der Waals surface area contributed by atoms with Gasteiger partial charge in [-0.1, -0.05) is 6.92 Å². The molecule has 1 aromatic carbocycles. The van der Waals surface area contributed by atoms with Crippen LogP contribution < -0.4 is 10.1 Å². The summed E-state index contributed by atoms with van der Waals surface area (Å²) in [4.78, 5) is 0. The zero-order chi connectivity index (χ0) is 13.9. The van der Waals surface area contributed by atoms with Crippen LogP contribution in [0.1, 0.15) is 32.3 Å². The van der Waals surface area contributed by atoms with Crippen LogP contribution >= 0.6 is 0 Å². The first kappa shape index (κ1) is 15.9. The molecule has 0 aliphatic rings. The Morgan fingerprint density at radius 3 is 2.74 bits per heavy atom. The Balaban J connectivity index is 2.39. The Kier molecular flexibility index (Phi) is 8.18. The topological polar surface area (TPSA) is 30.5 Å². The Morgan fingerprint density at radius 2 is 2.00 bits per heavy atom. The standard InChI is InChI=1S/C15H24FNO2/c1-3-6-17-12-13-9-14(16)11-15(10-13)19-8-5-7-18-4-2/h9-11,17H,3-8,12H2,1-2H3. The maximum Gasteiger partial charge on any atom is 0.127 e. The smallest absolute Gasteiger partial charge is 0.127 e. The van der Waals surface area contributed by atoms with Gasteiger partial charge in [-0.3, -0.25) is 0 Å². The van der Waals surface area contributed by atoms with E-state index in [1.807, 2.05) is 13.0 Å². The van der Waals surface area contributed by atoms with E-state index >= 15 is 0 Å². The van der Waals surface area contributed by atoms with Crippen molar-refractivity contribution < 1.29 is 13.9 Å².